The molecular weight excluding hydrogens is 566 g/mol. The lowest BCUT2D eigenvalue weighted by Crippen LogP contribution is -2.44. The molecule has 3 atom stereocenters. The molecule has 2 fully saturated rings. The summed E-state index contributed by atoms with van der Waals surface area (Å²) in [5.74, 6) is 1.74. The summed E-state index contributed by atoms with van der Waals surface area (Å²) >= 11 is 0. The molecule has 0 N–H and O–H groups in total. The van der Waals surface area contributed by atoms with Crippen LogP contribution in [0, 0.1) is 0 Å². The number of benzene rings is 4. The number of nitrogens with zero attached hydrogens (tertiary/aromatic N) is 1. The highest BCUT2D eigenvalue weighted by atomic mass is 16.6. The lowest BCUT2D eigenvalue weighted by molar-refractivity contribution is -0.0843. The van der Waals surface area contributed by atoms with Gasteiger partial charge < -0.3 is 19.1 Å². The highest BCUT2D eigenvalue weighted by Crippen LogP contribution is 2.48. The Balaban J connectivity index is 1.02. The Morgan fingerprint density at radius 1 is 0.783 bits per heavy atom. The Hall–Kier alpha value is -3.60. The molecule has 1 spiro atoms. The largest absolute Gasteiger partial charge is 0.488 e. The monoisotopic (exact) mass is 615 g/mol. The minimum atomic E-state index is -0.207. The van der Waals surface area contributed by atoms with Crippen LogP contribution in [0.1, 0.15) is 92.5 Å². The standard InChI is InChI=1S/C42H49NO3/c1-41(2,3)45-36-19-21-39-34(28-36)16-20-38(32-12-8-5-9-13-32)40(39)33-14-17-35(18-15-33)43-26-24-42(25-27-43)23-22-37(46-42)30-44-29-31-10-6-4-7-11-31/h4-15,17-19,21,28,37-38,40H,16,20,22-27,29-30H2,1-3H3/t37?,38-,40+/m1/s1. The molecule has 4 aromatic rings. The third-order valence-electron chi connectivity index (χ3n) is 10.3. The Bertz CT molecular complexity index is 1570. The van der Waals surface area contributed by atoms with E-state index >= 15 is 0 Å². The van der Waals surface area contributed by atoms with Gasteiger partial charge in [-0.2, -0.15) is 0 Å². The van der Waals surface area contributed by atoms with E-state index in [1.807, 2.05) is 6.07 Å². The molecule has 2 aliphatic heterocycles. The molecule has 3 aliphatic rings. The molecule has 0 aromatic heterocycles. The van der Waals surface area contributed by atoms with Crippen molar-refractivity contribution in [2.75, 3.05) is 24.6 Å². The fourth-order valence-corrected chi connectivity index (χ4v) is 8.01. The molecule has 46 heavy (non-hydrogen) atoms. The van der Waals surface area contributed by atoms with Crippen LogP contribution in [0.4, 0.5) is 5.69 Å². The predicted octanol–water partition coefficient (Wildman–Crippen LogP) is 9.46. The average molecular weight is 616 g/mol. The molecule has 4 heteroatoms. The molecule has 0 bridgehead atoms. The Labute approximate surface area is 275 Å². The normalized spacial score (nSPS) is 22.5. The number of hydrogen-bond donors (Lipinski definition) is 0. The SMILES string of the molecule is CC(C)(C)Oc1ccc2c(c1)CC[C@H](c1ccccc1)[C@@H]2c1ccc(N2CCC3(CCC(COCc4ccccc4)O3)CC2)cc1. The zero-order valence-electron chi connectivity index (χ0n) is 27.8. The smallest absolute Gasteiger partial charge is 0.120 e. The first-order chi connectivity index (χ1) is 22.3. The van der Waals surface area contributed by atoms with Gasteiger partial charge in [-0.25, -0.2) is 0 Å². The number of anilines is 1. The van der Waals surface area contributed by atoms with E-state index in [0.29, 0.717) is 25.0 Å². The molecule has 0 saturated carbocycles. The summed E-state index contributed by atoms with van der Waals surface area (Å²) in [5.41, 5.74) is 8.04. The maximum atomic E-state index is 6.67. The highest BCUT2D eigenvalue weighted by Gasteiger charge is 2.42. The average Bonchev–Trinajstić information content (AvgIpc) is 3.46. The number of aryl methyl sites for hydroxylation is 1. The van der Waals surface area contributed by atoms with Crippen molar-refractivity contribution in [2.45, 2.75) is 95.0 Å². The van der Waals surface area contributed by atoms with Gasteiger partial charge in [-0.05, 0) is 117 Å². The second kappa shape index (κ2) is 13.3. The van der Waals surface area contributed by atoms with Crippen molar-refractivity contribution in [1.29, 1.82) is 0 Å². The first-order valence-corrected chi connectivity index (χ1v) is 17.4. The summed E-state index contributed by atoms with van der Waals surface area (Å²) in [6.45, 7) is 9.75. The number of fused-ring (bicyclic) bond motifs is 1. The molecular formula is C42H49NO3. The van der Waals surface area contributed by atoms with Gasteiger partial charge in [0.2, 0.25) is 0 Å². The van der Waals surface area contributed by atoms with Gasteiger partial charge in [0.05, 0.1) is 24.9 Å². The number of ether oxygens (including phenoxy) is 3. The fraction of sp³-hybridized carbons (Fsp3) is 0.429. The van der Waals surface area contributed by atoms with Crippen LogP contribution in [0.3, 0.4) is 0 Å². The molecule has 4 aromatic carbocycles. The van der Waals surface area contributed by atoms with Crippen molar-refractivity contribution in [3.8, 4) is 5.75 Å². The van der Waals surface area contributed by atoms with E-state index in [0.717, 1.165) is 57.4 Å². The lowest BCUT2D eigenvalue weighted by Gasteiger charge is -2.40. The maximum absolute atomic E-state index is 6.67. The summed E-state index contributed by atoms with van der Waals surface area (Å²) in [6.07, 6.45) is 6.81. The second-order valence-electron chi connectivity index (χ2n) is 14.6. The van der Waals surface area contributed by atoms with E-state index in [1.54, 1.807) is 0 Å². The fourth-order valence-electron chi connectivity index (χ4n) is 8.01. The second-order valence-corrected chi connectivity index (χ2v) is 14.6. The van der Waals surface area contributed by atoms with Crippen LogP contribution in [0.25, 0.3) is 0 Å². The van der Waals surface area contributed by atoms with Crippen molar-refractivity contribution in [1.82, 2.24) is 0 Å². The van der Waals surface area contributed by atoms with Crippen LogP contribution in [-0.4, -0.2) is 37.0 Å². The van der Waals surface area contributed by atoms with Crippen molar-refractivity contribution in [2.24, 2.45) is 0 Å². The first kappa shape index (κ1) is 31.0. The third-order valence-corrected chi connectivity index (χ3v) is 10.3. The summed E-state index contributed by atoms with van der Waals surface area (Å²) in [5, 5.41) is 0. The quantitative estimate of drug-likeness (QED) is 0.198. The Morgan fingerprint density at radius 2 is 1.50 bits per heavy atom. The zero-order chi connectivity index (χ0) is 31.6. The Kier molecular flexibility index (Phi) is 8.94. The van der Waals surface area contributed by atoms with Crippen LogP contribution in [0.15, 0.2) is 103 Å². The van der Waals surface area contributed by atoms with Gasteiger partial charge in [-0.15, -0.1) is 0 Å². The molecule has 4 nitrogen and oxygen atoms in total. The molecule has 1 unspecified atom stereocenters. The zero-order valence-corrected chi connectivity index (χ0v) is 27.8. The van der Waals surface area contributed by atoms with E-state index in [-0.39, 0.29) is 17.3 Å². The Morgan fingerprint density at radius 3 is 2.22 bits per heavy atom. The van der Waals surface area contributed by atoms with Crippen LogP contribution in [-0.2, 0) is 22.5 Å². The minimum absolute atomic E-state index is 0.0154. The van der Waals surface area contributed by atoms with Gasteiger partial charge >= 0.3 is 0 Å². The van der Waals surface area contributed by atoms with E-state index in [4.69, 9.17) is 14.2 Å². The van der Waals surface area contributed by atoms with E-state index in [9.17, 15) is 0 Å². The molecule has 7 rings (SSSR count). The molecule has 240 valence electrons. The van der Waals surface area contributed by atoms with Gasteiger partial charge in [0.15, 0.2) is 0 Å². The van der Waals surface area contributed by atoms with Crippen molar-refractivity contribution in [3.63, 3.8) is 0 Å². The minimum Gasteiger partial charge on any atom is -0.488 e. The summed E-state index contributed by atoms with van der Waals surface area (Å²) in [6, 6.07) is 37.8. The van der Waals surface area contributed by atoms with Crippen molar-refractivity contribution in [3.05, 3.63) is 131 Å². The van der Waals surface area contributed by atoms with Gasteiger partial charge in [0.25, 0.3) is 0 Å². The predicted molar refractivity (Wildman–Crippen MR) is 187 cm³/mol. The molecule has 2 saturated heterocycles. The summed E-state index contributed by atoms with van der Waals surface area (Å²) in [7, 11) is 0. The third kappa shape index (κ3) is 7.04. The van der Waals surface area contributed by atoms with Crippen molar-refractivity contribution >= 4 is 5.69 Å². The summed E-state index contributed by atoms with van der Waals surface area (Å²) in [4.78, 5) is 2.55. The van der Waals surface area contributed by atoms with Gasteiger partial charge in [-0.3, -0.25) is 0 Å². The van der Waals surface area contributed by atoms with Gasteiger partial charge in [-0.1, -0.05) is 78.9 Å². The molecule has 2 heterocycles. The number of piperidine rings is 1. The molecule has 0 amide bonds. The van der Waals surface area contributed by atoms with Crippen LogP contribution in [0.2, 0.25) is 0 Å². The van der Waals surface area contributed by atoms with Gasteiger partial charge in [0.1, 0.15) is 11.4 Å². The topological polar surface area (TPSA) is 30.9 Å². The molecule has 1 aliphatic carbocycles. The maximum Gasteiger partial charge on any atom is 0.120 e. The van der Waals surface area contributed by atoms with Crippen molar-refractivity contribution < 1.29 is 14.2 Å². The van der Waals surface area contributed by atoms with E-state index in [1.165, 1.54) is 33.5 Å². The van der Waals surface area contributed by atoms with E-state index in [2.05, 4.69) is 123 Å². The lowest BCUT2D eigenvalue weighted by atomic mass is 9.69. The van der Waals surface area contributed by atoms with E-state index < -0.39 is 0 Å². The first-order valence-electron chi connectivity index (χ1n) is 17.4. The highest BCUT2D eigenvalue weighted by molar-refractivity contribution is 5.53. The van der Waals surface area contributed by atoms with Crippen LogP contribution < -0.4 is 9.64 Å². The van der Waals surface area contributed by atoms with Crippen LogP contribution in [0.5, 0.6) is 5.75 Å². The molecule has 0 radical (unpaired) electrons. The van der Waals surface area contributed by atoms with Gasteiger partial charge in [0, 0.05) is 24.7 Å². The summed E-state index contributed by atoms with van der Waals surface area (Å²) < 4.78 is 19.0. The number of rotatable bonds is 8. The van der Waals surface area contributed by atoms with Crippen LogP contribution >= 0.6 is 0 Å². The number of hydrogen-bond acceptors (Lipinski definition) is 4.